The summed E-state index contributed by atoms with van der Waals surface area (Å²) in [6.07, 6.45) is 1.87. The molecule has 0 radical (unpaired) electrons. The van der Waals surface area contributed by atoms with Crippen LogP contribution in [-0.4, -0.2) is 4.98 Å². The summed E-state index contributed by atoms with van der Waals surface area (Å²) in [6.45, 7) is 0. The van der Waals surface area contributed by atoms with Gasteiger partial charge < -0.3 is 0 Å². The van der Waals surface area contributed by atoms with E-state index in [1.165, 1.54) is 16.5 Å². The largest absolute Gasteiger partial charge is 0.256 e. The zero-order valence-electron chi connectivity index (χ0n) is 7.64. The molecule has 0 aromatic heterocycles. The second-order valence-corrected chi connectivity index (χ2v) is 3.36. The van der Waals surface area contributed by atoms with E-state index in [0.29, 0.717) is 0 Å². The summed E-state index contributed by atoms with van der Waals surface area (Å²) in [5, 5.41) is 1.22. The van der Waals surface area contributed by atoms with Crippen molar-refractivity contribution in [3.63, 3.8) is 0 Å². The van der Waals surface area contributed by atoms with Gasteiger partial charge in [-0.05, 0) is 23.3 Å². The summed E-state index contributed by atoms with van der Waals surface area (Å²) in [5.41, 5.74) is 3.57. The average Bonchev–Trinajstić information content (AvgIpc) is 2.61. The highest BCUT2D eigenvalue weighted by Gasteiger charge is 2.03. The third-order valence-corrected chi connectivity index (χ3v) is 2.51. The van der Waals surface area contributed by atoms with Crippen LogP contribution in [0.2, 0.25) is 0 Å². The summed E-state index contributed by atoms with van der Waals surface area (Å²) >= 11 is 0. The van der Waals surface area contributed by atoms with E-state index in [1.54, 1.807) is 0 Å². The van der Waals surface area contributed by atoms with Crippen molar-refractivity contribution in [3.8, 4) is 11.1 Å². The maximum absolute atomic E-state index is 4.39. The Kier molecular flexibility index (Phi) is 1.51. The number of para-hydroxylation sites is 1. The van der Waals surface area contributed by atoms with Gasteiger partial charge in [0, 0.05) is 11.6 Å². The van der Waals surface area contributed by atoms with Gasteiger partial charge in [-0.1, -0.05) is 36.4 Å². The van der Waals surface area contributed by atoms with Crippen molar-refractivity contribution in [1.82, 2.24) is 4.98 Å². The Hall–Kier alpha value is -1.89. The molecule has 0 saturated carbocycles. The van der Waals surface area contributed by atoms with Crippen LogP contribution < -0.4 is 0 Å². The van der Waals surface area contributed by atoms with Crippen molar-refractivity contribution >= 4 is 10.9 Å². The fourth-order valence-electron chi connectivity index (χ4n) is 1.84. The Labute approximate surface area is 82.4 Å². The van der Waals surface area contributed by atoms with E-state index in [4.69, 9.17) is 0 Å². The van der Waals surface area contributed by atoms with E-state index in [1.807, 2.05) is 18.3 Å². The Morgan fingerprint density at radius 3 is 2.71 bits per heavy atom. The predicted molar refractivity (Wildman–Crippen MR) is 58.4 cm³/mol. The monoisotopic (exact) mass is 179 g/mol. The van der Waals surface area contributed by atoms with Crippen molar-refractivity contribution in [2.75, 3.05) is 0 Å². The van der Waals surface area contributed by atoms with Gasteiger partial charge in [-0.25, -0.2) is 0 Å². The van der Waals surface area contributed by atoms with Crippen LogP contribution in [0.4, 0.5) is 0 Å². The summed E-state index contributed by atoms with van der Waals surface area (Å²) in [4.78, 5) is 4.39. The number of benzene rings is 1. The number of aromatic nitrogens is 1. The second-order valence-electron chi connectivity index (χ2n) is 3.36. The van der Waals surface area contributed by atoms with Gasteiger partial charge in [-0.3, -0.25) is 4.98 Å². The van der Waals surface area contributed by atoms with Gasteiger partial charge >= 0.3 is 0 Å². The van der Waals surface area contributed by atoms with Crippen LogP contribution in [0.5, 0.6) is 0 Å². The number of fused-ring (bicyclic) bond motifs is 3. The zero-order valence-corrected chi connectivity index (χ0v) is 7.64. The standard InChI is InChI=1S/C13H9N/c1-2-7-13-12(5-1)11-6-3-4-10(11)8-9-14-13/h1-9H. The average molecular weight is 179 g/mol. The molecule has 2 aliphatic rings. The molecule has 0 N–H and O–H groups in total. The third-order valence-electron chi connectivity index (χ3n) is 2.51. The topological polar surface area (TPSA) is 12.9 Å². The van der Waals surface area contributed by atoms with Crippen molar-refractivity contribution in [3.05, 3.63) is 54.7 Å². The highest BCUT2D eigenvalue weighted by atomic mass is 14.6. The molecule has 14 heavy (non-hydrogen) atoms. The van der Waals surface area contributed by atoms with Gasteiger partial charge in [0.1, 0.15) is 0 Å². The molecule has 0 saturated heterocycles. The molecule has 3 rings (SSSR count). The molecule has 1 aromatic rings. The minimum absolute atomic E-state index is 1.05. The molecule has 0 atom stereocenters. The molecule has 1 aliphatic carbocycles. The van der Waals surface area contributed by atoms with Gasteiger partial charge in [-0.15, -0.1) is 0 Å². The van der Waals surface area contributed by atoms with Crippen LogP contribution >= 0.6 is 0 Å². The lowest BCUT2D eigenvalue weighted by Gasteiger charge is -1.95. The predicted octanol–water partition coefficient (Wildman–Crippen LogP) is 3.34. The first kappa shape index (κ1) is 7.51. The smallest absolute Gasteiger partial charge is 0.0708 e. The fraction of sp³-hybridized carbons (Fsp3) is 0. The van der Waals surface area contributed by atoms with Gasteiger partial charge in [0.05, 0.1) is 5.52 Å². The van der Waals surface area contributed by atoms with Crippen molar-refractivity contribution < 1.29 is 0 Å². The summed E-state index contributed by atoms with van der Waals surface area (Å²) in [6, 6.07) is 16.6. The summed E-state index contributed by atoms with van der Waals surface area (Å²) < 4.78 is 0. The third kappa shape index (κ3) is 0.990. The minimum atomic E-state index is 1.05. The summed E-state index contributed by atoms with van der Waals surface area (Å²) in [7, 11) is 0. The highest BCUT2D eigenvalue weighted by molar-refractivity contribution is 5.94. The molecule has 0 spiro atoms. The lowest BCUT2D eigenvalue weighted by atomic mass is 10.1. The molecule has 66 valence electrons. The van der Waals surface area contributed by atoms with Crippen LogP contribution in [0.3, 0.4) is 0 Å². The van der Waals surface area contributed by atoms with Crippen molar-refractivity contribution in [2.45, 2.75) is 0 Å². The molecule has 0 fully saturated rings. The number of hydrogen-bond acceptors (Lipinski definition) is 1. The molecule has 1 heterocycles. The molecule has 0 amide bonds. The first-order chi connectivity index (χ1) is 6.95. The van der Waals surface area contributed by atoms with E-state index >= 15 is 0 Å². The number of hydrogen-bond donors (Lipinski definition) is 0. The molecule has 1 aliphatic heterocycles. The molecule has 1 aromatic carbocycles. The second kappa shape index (κ2) is 2.81. The van der Waals surface area contributed by atoms with E-state index in [9.17, 15) is 0 Å². The number of nitrogens with zero attached hydrogens (tertiary/aromatic N) is 1. The Morgan fingerprint density at radius 2 is 1.71 bits per heavy atom. The van der Waals surface area contributed by atoms with Crippen molar-refractivity contribution in [1.29, 1.82) is 0 Å². The fourth-order valence-corrected chi connectivity index (χ4v) is 1.84. The van der Waals surface area contributed by atoms with Crippen LogP contribution in [0.1, 0.15) is 0 Å². The van der Waals surface area contributed by atoms with Gasteiger partial charge in [-0.2, -0.15) is 0 Å². The lowest BCUT2D eigenvalue weighted by Crippen LogP contribution is -1.72. The van der Waals surface area contributed by atoms with E-state index in [2.05, 4.69) is 41.4 Å². The highest BCUT2D eigenvalue weighted by Crippen LogP contribution is 2.28. The van der Waals surface area contributed by atoms with Gasteiger partial charge in [0.2, 0.25) is 0 Å². The van der Waals surface area contributed by atoms with E-state index in [0.717, 1.165) is 5.52 Å². The minimum Gasteiger partial charge on any atom is -0.256 e. The molecular formula is C13H9N. The molecule has 1 heteroatoms. The normalized spacial score (nSPS) is 10.9. The zero-order chi connectivity index (χ0) is 9.38. The quantitative estimate of drug-likeness (QED) is 0.515. The lowest BCUT2D eigenvalue weighted by molar-refractivity contribution is 1.44. The van der Waals surface area contributed by atoms with E-state index in [-0.39, 0.29) is 0 Å². The van der Waals surface area contributed by atoms with Crippen molar-refractivity contribution in [2.24, 2.45) is 0 Å². The maximum Gasteiger partial charge on any atom is 0.0708 e. The van der Waals surface area contributed by atoms with Crippen LogP contribution in [0.15, 0.2) is 54.7 Å². The first-order valence-corrected chi connectivity index (χ1v) is 4.68. The summed E-state index contributed by atoms with van der Waals surface area (Å²) in [5.74, 6) is 0. The Balaban J connectivity index is 2.56. The van der Waals surface area contributed by atoms with Gasteiger partial charge in [0.25, 0.3) is 0 Å². The maximum atomic E-state index is 4.39. The first-order valence-electron chi connectivity index (χ1n) is 4.68. The molecular weight excluding hydrogens is 170 g/mol. The Morgan fingerprint density at radius 1 is 0.786 bits per heavy atom. The Bertz CT molecular complexity index is 557. The van der Waals surface area contributed by atoms with Crippen LogP contribution in [0.25, 0.3) is 22.0 Å². The van der Waals surface area contributed by atoms with E-state index < -0.39 is 0 Å². The molecule has 0 bridgehead atoms. The van der Waals surface area contributed by atoms with Crippen LogP contribution in [-0.2, 0) is 0 Å². The molecule has 1 nitrogen and oxygen atoms in total. The number of rotatable bonds is 0. The molecule has 0 unspecified atom stereocenters. The SMILES string of the molecule is c1cc2ccnc3ccccc3c-2c1. The van der Waals surface area contributed by atoms with Crippen LogP contribution in [0, 0.1) is 0 Å². The van der Waals surface area contributed by atoms with Gasteiger partial charge in [0.15, 0.2) is 0 Å².